The van der Waals surface area contributed by atoms with Crippen LogP contribution in [0.25, 0.3) is 0 Å². The van der Waals surface area contributed by atoms with Crippen LogP contribution in [0.5, 0.6) is 0 Å². The molecule has 3 heterocycles. The molecule has 3 rings (SSSR count). The second kappa shape index (κ2) is 4.64. The first-order chi connectivity index (χ1) is 8.66. The predicted octanol–water partition coefficient (Wildman–Crippen LogP) is 3.36. The minimum Gasteiger partial charge on any atom is -0.347 e. The quantitative estimate of drug-likeness (QED) is 0.810. The van der Waals surface area contributed by atoms with Gasteiger partial charge in [-0.05, 0) is 42.0 Å². The average molecular weight is 301 g/mol. The predicted molar refractivity (Wildman–Crippen MR) is 73.6 cm³/mol. The molecule has 4 nitrogen and oxygen atoms in total. The zero-order valence-electron chi connectivity index (χ0n) is 9.60. The summed E-state index contributed by atoms with van der Waals surface area (Å²) in [5.74, 6) is 0.612. The molecule has 0 N–H and O–H groups in total. The summed E-state index contributed by atoms with van der Waals surface area (Å²) in [5, 5.41) is 10.00. The average Bonchev–Trinajstić information content (AvgIpc) is 2.82. The molecule has 0 aliphatic carbocycles. The zero-order chi connectivity index (χ0) is 12.7. The third-order valence-corrected chi connectivity index (χ3v) is 4.55. The summed E-state index contributed by atoms with van der Waals surface area (Å²) >= 11 is 13.7. The van der Waals surface area contributed by atoms with Gasteiger partial charge >= 0.3 is 0 Å². The number of aromatic nitrogens is 3. The molecule has 7 heteroatoms. The van der Waals surface area contributed by atoms with Crippen LogP contribution in [0.15, 0.2) is 11.4 Å². The van der Waals surface area contributed by atoms with Crippen molar-refractivity contribution in [2.45, 2.75) is 19.4 Å². The standard InChI is InChI=1S/C11H10Cl2N4S/c1-6-7-3-5-18-8(7)2-4-17(6)10-9(12)15-16-11(13)14-10/h3,5-6H,2,4H2,1H3. The lowest BCUT2D eigenvalue weighted by Gasteiger charge is -2.34. The normalized spacial score (nSPS) is 18.8. The van der Waals surface area contributed by atoms with E-state index in [2.05, 4.69) is 38.5 Å². The number of hydrogen-bond donors (Lipinski definition) is 0. The van der Waals surface area contributed by atoms with Crippen LogP contribution < -0.4 is 4.90 Å². The molecular formula is C11H10Cl2N4S. The molecule has 2 aromatic heterocycles. The van der Waals surface area contributed by atoms with Gasteiger partial charge in [-0.25, -0.2) is 0 Å². The van der Waals surface area contributed by atoms with Crippen molar-refractivity contribution in [3.8, 4) is 0 Å². The van der Waals surface area contributed by atoms with E-state index in [0.717, 1.165) is 13.0 Å². The van der Waals surface area contributed by atoms with Gasteiger partial charge in [0.25, 0.3) is 0 Å². The van der Waals surface area contributed by atoms with Gasteiger partial charge in [-0.2, -0.15) is 4.98 Å². The number of nitrogens with zero attached hydrogens (tertiary/aromatic N) is 4. The second-order valence-corrected chi connectivity index (χ2v) is 5.81. The molecule has 0 saturated carbocycles. The fourth-order valence-corrected chi connectivity index (χ4v) is 3.54. The van der Waals surface area contributed by atoms with Gasteiger partial charge in [0.05, 0.1) is 6.04 Å². The molecule has 0 amide bonds. The fourth-order valence-electron chi connectivity index (χ4n) is 2.27. The first-order valence-corrected chi connectivity index (χ1v) is 7.19. The molecule has 1 aliphatic rings. The Labute approximate surface area is 119 Å². The van der Waals surface area contributed by atoms with E-state index in [1.54, 1.807) is 11.3 Å². The summed E-state index contributed by atoms with van der Waals surface area (Å²) in [6, 6.07) is 2.38. The number of thiophene rings is 1. The summed E-state index contributed by atoms with van der Waals surface area (Å²) in [7, 11) is 0. The van der Waals surface area contributed by atoms with E-state index in [9.17, 15) is 0 Å². The summed E-state index contributed by atoms with van der Waals surface area (Å²) in [4.78, 5) is 7.75. The summed E-state index contributed by atoms with van der Waals surface area (Å²) < 4.78 is 0. The van der Waals surface area contributed by atoms with Crippen LogP contribution in [0.2, 0.25) is 10.4 Å². The van der Waals surface area contributed by atoms with E-state index in [-0.39, 0.29) is 11.3 Å². The van der Waals surface area contributed by atoms with Crippen molar-refractivity contribution in [1.82, 2.24) is 15.2 Å². The van der Waals surface area contributed by atoms with Crippen LogP contribution in [0.1, 0.15) is 23.4 Å². The molecule has 94 valence electrons. The van der Waals surface area contributed by atoms with Gasteiger partial charge < -0.3 is 4.90 Å². The van der Waals surface area contributed by atoms with E-state index in [0.29, 0.717) is 11.0 Å². The van der Waals surface area contributed by atoms with E-state index in [1.165, 1.54) is 10.4 Å². The lowest BCUT2D eigenvalue weighted by molar-refractivity contribution is 0.621. The summed E-state index contributed by atoms with van der Waals surface area (Å²) in [6.45, 7) is 3.00. The molecule has 0 saturated heterocycles. The van der Waals surface area contributed by atoms with Crippen LogP contribution in [0.3, 0.4) is 0 Å². The van der Waals surface area contributed by atoms with Crippen molar-refractivity contribution < 1.29 is 0 Å². The lowest BCUT2D eigenvalue weighted by Crippen LogP contribution is -2.34. The Kier molecular flexibility index (Phi) is 3.13. The summed E-state index contributed by atoms with van der Waals surface area (Å²) in [5.41, 5.74) is 1.33. The molecule has 0 spiro atoms. The molecule has 0 aromatic carbocycles. The highest BCUT2D eigenvalue weighted by atomic mass is 35.5. The molecule has 0 bridgehead atoms. The van der Waals surface area contributed by atoms with Crippen molar-refractivity contribution in [2.75, 3.05) is 11.4 Å². The third kappa shape index (κ3) is 1.96. The highest BCUT2D eigenvalue weighted by molar-refractivity contribution is 7.10. The topological polar surface area (TPSA) is 41.9 Å². The third-order valence-electron chi connectivity index (χ3n) is 3.15. The van der Waals surface area contributed by atoms with Gasteiger partial charge in [-0.15, -0.1) is 21.5 Å². The van der Waals surface area contributed by atoms with E-state index in [1.807, 2.05) is 0 Å². The number of hydrogen-bond acceptors (Lipinski definition) is 5. The Morgan fingerprint density at radius 3 is 3.06 bits per heavy atom. The molecule has 0 fully saturated rings. The smallest absolute Gasteiger partial charge is 0.245 e. The second-order valence-electron chi connectivity index (χ2n) is 4.11. The number of halogens is 2. The van der Waals surface area contributed by atoms with Crippen LogP contribution in [-0.4, -0.2) is 21.7 Å². The van der Waals surface area contributed by atoms with Crippen molar-refractivity contribution in [3.05, 3.63) is 32.3 Å². The van der Waals surface area contributed by atoms with Crippen LogP contribution >= 0.6 is 34.5 Å². The van der Waals surface area contributed by atoms with Gasteiger partial charge in [-0.1, -0.05) is 11.6 Å². The maximum Gasteiger partial charge on any atom is 0.245 e. The SMILES string of the molecule is CC1c2ccsc2CCN1c1nc(Cl)nnc1Cl. The van der Waals surface area contributed by atoms with E-state index >= 15 is 0 Å². The minimum atomic E-state index is 0.123. The van der Waals surface area contributed by atoms with Gasteiger partial charge in [0.1, 0.15) is 0 Å². The summed E-state index contributed by atoms with van der Waals surface area (Å²) in [6.07, 6.45) is 0.995. The fraction of sp³-hybridized carbons (Fsp3) is 0.364. The Morgan fingerprint density at radius 1 is 1.39 bits per heavy atom. The molecule has 2 aromatic rings. The lowest BCUT2D eigenvalue weighted by atomic mass is 10.0. The van der Waals surface area contributed by atoms with E-state index in [4.69, 9.17) is 23.2 Å². The van der Waals surface area contributed by atoms with Gasteiger partial charge in [0.15, 0.2) is 11.0 Å². The van der Waals surface area contributed by atoms with Crippen molar-refractivity contribution >= 4 is 40.4 Å². The largest absolute Gasteiger partial charge is 0.347 e. The van der Waals surface area contributed by atoms with Crippen LogP contribution in [0, 0.1) is 0 Å². The first kappa shape index (κ1) is 12.1. The number of rotatable bonds is 1. The van der Waals surface area contributed by atoms with Crippen molar-refractivity contribution in [3.63, 3.8) is 0 Å². The monoisotopic (exact) mass is 300 g/mol. The maximum atomic E-state index is 6.06. The molecule has 0 radical (unpaired) electrons. The van der Waals surface area contributed by atoms with Crippen LogP contribution in [-0.2, 0) is 6.42 Å². The molecule has 1 aliphatic heterocycles. The highest BCUT2D eigenvalue weighted by Gasteiger charge is 2.27. The Balaban J connectivity index is 2.01. The molecular weight excluding hydrogens is 291 g/mol. The first-order valence-electron chi connectivity index (χ1n) is 5.55. The maximum absolute atomic E-state index is 6.06. The van der Waals surface area contributed by atoms with Crippen molar-refractivity contribution in [2.24, 2.45) is 0 Å². The van der Waals surface area contributed by atoms with Gasteiger partial charge in [0, 0.05) is 11.4 Å². The Morgan fingerprint density at radius 2 is 2.22 bits per heavy atom. The van der Waals surface area contributed by atoms with Crippen molar-refractivity contribution in [1.29, 1.82) is 0 Å². The highest BCUT2D eigenvalue weighted by Crippen LogP contribution is 2.37. The molecule has 1 unspecified atom stereocenters. The van der Waals surface area contributed by atoms with Gasteiger partial charge in [-0.3, -0.25) is 0 Å². The van der Waals surface area contributed by atoms with Crippen LogP contribution in [0.4, 0.5) is 5.82 Å². The molecule has 18 heavy (non-hydrogen) atoms. The molecule has 1 atom stereocenters. The number of anilines is 1. The number of fused-ring (bicyclic) bond motifs is 1. The Hall–Kier alpha value is -0.910. The zero-order valence-corrected chi connectivity index (χ0v) is 11.9. The van der Waals surface area contributed by atoms with Gasteiger partial charge in [0.2, 0.25) is 5.28 Å². The minimum absolute atomic E-state index is 0.123. The Bertz CT molecular complexity index is 586. The van der Waals surface area contributed by atoms with E-state index < -0.39 is 0 Å².